The van der Waals surface area contributed by atoms with Crippen LogP contribution in [0.3, 0.4) is 0 Å². The SMILES string of the molecule is Cc1c(F)cccc1[C@H]1[C@H](C(=O)N2CCCC2)[C@@H](C(F)(F)F)N(CCCCNCC(C)(C)O)C[C@@H]1C(=O)c1cccc(O)c1. The molecule has 2 aliphatic rings. The largest absolute Gasteiger partial charge is 0.508 e. The zero-order chi connectivity index (χ0) is 32.2. The van der Waals surface area contributed by atoms with Gasteiger partial charge in [-0.3, -0.25) is 14.5 Å². The first kappa shape index (κ1) is 33.9. The van der Waals surface area contributed by atoms with E-state index in [4.69, 9.17) is 0 Å². The predicted octanol–water partition coefficient (Wildman–Crippen LogP) is 5.05. The molecule has 2 fully saturated rings. The number of aromatic hydroxyl groups is 1. The van der Waals surface area contributed by atoms with Gasteiger partial charge in [0.25, 0.3) is 0 Å². The molecule has 0 unspecified atom stereocenters. The van der Waals surface area contributed by atoms with Crippen molar-refractivity contribution < 1.29 is 37.4 Å². The molecule has 3 N–H and O–H groups in total. The van der Waals surface area contributed by atoms with Gasteiger partial charge >= 0.3 is 6.18 Å². The maximum atomic E-state index is 15.2. The number of unbranched alkanes of at least 4 members (excludes halogenated alkanes) is 1. The Labute approximate surface area is 256 Å². The number of aliphatic hydroxyl groups is 1. The van der Waals surface area contributed by atoms with Crippen molar-refractivity contribution in [2.24, 2.45) is 11.8 Å². The second-order valence-corrected chi connectivity index (χ2v) is 12.7. The van der Waals surface area contributed by atoms with Crippen molar-refractivity contribution in [1.82, 2.24) is 15.1 Å². The van der Waals surface area contributed by atoms with Crippen molar-refractivity contribution >= 4 is 11.7 Å². The Morgan fingerprint density at radius 1 is 1.05 bits per heavy atom. The number of nitrogens with one attached hydrogen (secondary N) is 1. The average molecular weight is 622 g/mol. The highest BCUT2D eigenvalue weighted by atomic mass is 19.4. The number of hydrogen-bond acceptors (Lipinski definition) is 6. The minimum atomic E-state index is -4.81. The van der Waals surface area contributed by atoms with Gasteiger partial charge in [0.2, 0.25) is 5.91 Å². The van der Waals surface area contributed by atoms with E-state index in [9.17, 15) is 24.2 Å². The Morgan fingerprint density at radius 3 is 2.36 bits per heavy atom. The van der Waals surface area contributed by atoms with E-state index in [-0.39, 0.29) is 35.5 Å². The van der Waals surface area contributed by atoms with Gasteiger partial charge in [0.1, 0.15) is 17.6 Å². The number of carbonyl (C=O) groups is 2. The number of phenolic OH excluding ortho intramolecular Hbond substituents is 1. The third-order valence-corrected chi connectivity index (χ3v) is 8.77. The van der Waals surface area contributed by atoms with Gasteiger partial charge in [-0.2, -0.15) is 13.2 Å². The van der Waals surface area contributed by atoms with E-state index in [0.717, 1.165) is 0 Å². The predicted molar refractivity (Wildman–Crippen MR) is 159 cm³/mol. The Hall–Kier alpha value is -3.02. The van der Waals surface area contributed by atoms with E-state index in [1.165, 1.54) is 59.2 Å². The van der Waals surface area contributed by atoms with Crippen LogP contribution in [0.1, 0.15) is 66.9 Å². The van der Waals surface area contributed by atoms with Gasteiger partial charge in [0.15, 0.2) is 5.78 Å². The first-order chi connectivity index (χ1) is 20.7. The molecule has 0 aromatic heterocycles. The Kier molecular flexibility index (Phi) is 10.7. The summed E-state index contributed by atoms with van der Waals surface area (Å²) in [6.45, 7) is 5.91. The molecule has 44 heavy (non-hydrogen) atoms. The fourth-order valence-corrected chi connectivity index (χ4v) is 6.71. The maximum absolute atomic E-state index is 15.2. The third kappa shape index (κ3) is 7.97. The number of benzene rings is 2. The van der Waals surface area contributed by atoms with Crippen LogP contribution in [0.4, 0.5) is 17.6 Å². The summed E-state index contributed by atoms with van der Waals surface area (Å²) in [7, 11) is 0. The quantitative estimate of drug-likeness (QED) is 0.185. The first-order valence-corrected chi connectivity index (χ1v) is 15.3. The van der Waals surface area contributed by atoms with Gasteiger partial charge < -0.3 is 20.4 Å². The molecule has 4 rings (SSSR count). The molecule has 7 nitrogen and oxygen atoms in total. The fraction of sp³-hybridized carbons (Fsp3) is 0.576. The molecule has 2 aromatic carbocycles. The number of Topliss-reactive ketones (excluding diaryl/α,β-unsaturated/α-hetero) is 1. The van der Waals surface area contributed by atoms with E-state index in [2.05, 4.69) is 5.32 Å². The lowest BCUT2D eigenvalue weighted by Gasteiger charge is -2.50. The van der Waals surface area contributed by atoms with Gasteiger partial charge in [-0.05, 0) is 88.9 Å². The van der Waals surface area contributed by atoms with Crippen molar-refractivity contribution in [3.05, 3.63) is 65.0 Å². The summed E-state index contributed by atoms with van der Waals surface area (Å²) in [6.07, 6.45) is -2.60. The van der Waals surface area contributed by atoms with Crippen LogP contribution < -0.4 is 5.32 Å². The van der Waals surface area contributed by atoms with E-state index >= 15 is 13.2 Å². The number of carbonyl (C=O) groups excluding carboxylic acids is 2. The topological polar surface area (TPSA) is 93.1 Å². The molecule has 1 amide bonds. The monoisotopic (exact) mass is 621 g/mol. The lowest BCUT2D eigenvalue weighted by atomic mass is 9.66. The first-order valence-electron chi connectivity index (χ1n) is 15.3. The molecule has 2 aromatic rings. The highest BCUT2D eigenvalue weighted by Crippen LogP contribution is 2.49. The maximum Gasteiger partial charge on any atom is 0.404 e. The molecule has 2 saturated heterocycles. The van der Waals surface area contributed by atoms with Crippen molar-refractivity contribution in [1.29, 1.82) is 0 Å². The highest BCUT2D eigenvalue weighted by Gasteiger charge is 2.60. The lowest BCUT2D eigenvalue weighted by Crippen LogP contribution is -2.63. The number of rotatable bonds is 11. The summed E-state index contributed by atoms with van der Waals surface area (Å²) in [5.41, 5.74) is -0.493. The summed E-state index contributed by atoms with van der Waals surface area (Å²) in [5.74, 6) is -6.01. The lowest BCUT2D eigenvalue weighted by molar-refractivity contribution is -0.214. The molecule has 4 atom stereocenters. The van der Waals surface area contributed by atoms with Crippen LogP contribution in [0.5, 0.6) is 5.75 Å². The number of ketones is 1. The van der Waals surface area contributed by atoms with Gasteiger partial charge in [0, 0.05) is 43.6 Å². The number of likely N-dealkylation sites (tertiary alicyclic amines) is 2. The summed E-state index contributed by atoms with van der Waals surface area (Å²) >= 11 is 0. The molecular formula is C33H43F4N3O4. The number of halogens is 4. The fourth-order valence-electron chi connectivity index (χ4n) is 6.71. The summed E-state index contributed by atoms with van der Waals surface area (Å²) in [5, 5.41) is 23.1. The minimum absolute atomic E-state index is 0.0170. The Balaban J connectivity index is 1.78. The van der Waals surface area contributed by atoms with Crippen molar-refractivity contribution in [3.8, 4) is 5.75 Å². The van der Waals surface area contributed by atoms with Crippen molar-refractivity contribution in [2.45, 2.75) is 70.2 Å². The van der Waals surface area contributed by atoms with E-state index in [1.54, 1.807) is 13.8 Å². The normalized spacial score (nSPS) is 23.2. The van der Waals surface area contributed by atoms with Crippen LogP contribution in [-0.4, -0.2) is 88.8 Å². The van der Waals surface area contributed by atoms with E-state index in [0.29, 0.717) is 51.9 Å². The van der Waals surface area contributed by atoms with Crippen LogP contribution in [-0.2, 0) is 4.79 Å². The molecule has 0 aliphatic carbocycles. The van der Waals surface area contributed by atoms with Crippen LogP contribution in [0, 0.1) is 24.6 Å². The average Bonchev–Trinajstić information content (AvgIpc) is 3.49. The van der Waals surface area contributed by atoms with E-state index in [1.807, 2.05) is 0 Å². The molecular weight excluding hydrogens is 578 g/mol. The Morgan fingerprint density at radius 2 is 1.73 bits per heavy atom. The van der Waals surface area contributed by atoms with E-state index < -0.39 is 53.1 Å². The number of amides is 1. The number of alkyl halides is 3. The summed E-state index contributed by atoms with van der Waals surface area (Å²) < 4.78 is 60.5. The molecule has 0 radical (unpaired) electrons. The summed E-state index contributed by atoms with van der Waals surface area (Å²) in [6, 6.07) is 7.59. The minimum Gasteiger partial charge on any atom is -0.508 e. The zero-order valence-electron chi connectivity index (χ0n) is 25.5. The highest BCUT2D eigenvalue weighted by molar-refractivity contribution is 5.99. The molecule has 11 heteroatoms. The van der Waals surface area contributed by atoms with Gasteiger partial charge in [-0.15, -0.1) is 0 Å². The van der Waals surface area contributed by atoms with Crippen LogP contribution in [0.25, 0.3) is 0 Å². The third-order valence-electron chi connectivity index (χ3n) is 8.77. The molecule has 242 valence electrons. The number of phenols is 1. The number of nitrogens with zero attached hydrogens (tertiary/aromatic N) is 2. The van der Waals surface area contributed by atoms with Gasteiger partial charge in [-0.25, -0.2) is 4.39 Å². The van der Waals surface area contributed by atoms with Gasteiger partial charge in [-0.1, -0.05) is 24.3 Å². The number of piperidine rings is 1. The van der Waals surface area contributed by atoms with Crippen molar-refractivity contribution in [2.75, 3.05) is 39.3 Å². The molecule has 0 bridgehead atoms. The van der Waals surface area contributed by atoms with Gasteiger partial charge in [0.05, 0.1) is 11.5 Å². The summed E-state index contributed by atoms with van der Waals surface area (Å²) in [4.78, 5) is 31.0. The molecule has 2 aliphatic heterocycles. The molecule has 2 heterocycles. The molecule has 0 saturated carbocycles. The smallest absolute Gasteiger partial charge is 0.404 e. The van der Waals surface area contributed by atoms with Crippen molar-refractivity contribution in [3.63, 3.8) is 0 Å². The second kappa shape index (κ2) is 14.0. The molecule has 0 spiro atoms. The van der Waals surface area contributed by atoms with Crippen LogP contribution in [0.15, 0.2) is 42.5 Å². The zero-order valence-corrected chi connectivity index (χ0v) is 25.5. The van der Waals surface area contributed by atoms with Crippen LogP contribution >= 0.6 is 0 Å². The number of hydrogen-bond donors (Lipinski definition) is 3. The standard InChI is InChI=1S/C33H43F4N3O4/c1-21-24(12-9-13-26(21)34)27-25(29(42)22-10-8-11-23(41)18-22)19-40(17-5-4-14-38-20-32(2,3)44)30(33(35,36)37)28(27)31(43)39-15-6-7-16-39/h8-13,18,25,27-28,30,38,41,44H,4-7,14-17,19-20H2,1-3H3/t25-,27+,28-,30-/m0/s1. The second-order valence-electron chi connectivity index (χ2n) is 12.7. The Bertz CT molecular complexity index is 1310. The van der Waals surface area contributed by atoms with Crippen LogP contribution in [0.2, 0.25) is 0 Å².